The number of fused-ring (bicyclic) bond motifs is 1. The molecule has 2 fully saturated rings. The fraction of sp³-hybridized carbons (Fsp3) is 0.625. The molecule has 2 saturated heterocycles. The first-order chi connectivity index (χ1) is 10.9. The number of piperidine rings is 1. The van der Waals surface area contributed by atoms with Gasteiger partial charge in [-0.25, -0.2) is 8.42 Å². The standard InChI is InChI=1S/C16H24N2O4S/c1-21-15-6-4-5-13(16(15)22-2)9-17-8-7-12-10-18(14(12)11-17)23(3,19)20/h4-6,12,14H,7-11H2,1-3H3/t12-,14-/m1/s1. The molecular weight excluding hydrogens is 316 g/mol. The number of nitrogens with zero attached hydrogens (tertiary/aromatic N) is 2. The van der Waals surface area contributed by atoms with Gasteiger partial charge in [-0.15, -0.1) is 0 Å². The average molecular weight is 340 g/mol. The van der Waals surface area contributed by atoms with Gasteiger partial charge in [-0.2, -0.15) is 4.31 Å². The first kappa shape index (κ1) is 16.5. The van der Waals surface area contributed by atoms with Crippen LogP contribution in [0.25, 0.3) is 0 Å². The van der Waals surface area contributed by atoms with Gasteiger partial charge in [-0.3, -0.25) is 4.90 Å². The second kappa shape index (κ2) is 6.30. The van der Waals surface area contributed by atoms with Crippen LogP contribution in [0.3, 0.4) is 0 Å². The number of para-hydroxylation sites is 1. The molecule has 3 rings (SSSR count). The highest BCUT2D eigenvalue weighted by Crippen LogP contribution is 2.36. The van der Waals surface area contributed by atoms with Crippen molar-refractivity contribution >= 4 is 10.0 Å². The highest BCUT2D eigenvalue weighted by atomic mass is 32.2. The number of rotatable bonds is 5. The monoisotopic (exact) mass is 340 g/mol. The normalized spacial score (nSPS) is 25.5. The van der Waals surface area contributed by atoms with Crippen molar-refractivity contribution in [1.82, 2.24) is 9.21 Å². The summed E-state index contributed by atoms with van der Waals surface area (Å²) in [5.41, 5.74) is 1.07. The van der Waals surface area contributed by atoms with Crippen molar-refractivity contribution in [2.45, 2.75) is 19.0 Å². The molecule has 2 atom stereocenters. The zero-order valence-electron chi connectivity index (χ0n) is 13.9. The first-order valence-corrected chi connectivity index (χ1v) is 9.68. The number of sulfonamides is 1. The SMILES string of the molecule is COc1cccc(CN2CC[C@@H]3CN(S(C)(=O)=O)[C@@H]3C2)c1OC. The third-order valence-corrected chi connectivity index (χ3v) is 6.17. The predicted octanol–water partition coefficient (Wildman–Crippen LogP) is 1.17. The molecule has 0 bridgehead atoms. The molecule has 128 valence electrons. The van der Waals surface area contributed by atoms with Crippen LogP contribution in [0.1, 0.15) is 12.0 Å². The minimum absolute atomic E-state index is 0.121. The van der Waals surface area contributed by atoms with Crippen molar-refractivity contribution < 1.29 is 17.9 Å². The van der Waals surface area contributed by atoms with Gasteiger partial charge in [-0.1, -0.05) is 12.1 Å². The van der Waals surface area contributed by atoms with E-state index in [-0.39, 0.29) is 6.04 Å². The molecule has 6 nitrogen and oxygen atoms in total. The number of hydrogen-bond donors (Lipinski definition) is 0. The van der Waals surface area contributed by atoms with Crippen molar-refractivity contribution in [2.24, 2.45) is 5.92 Å². The van der Waals surface area contributed by atoms with E-state index in [2.05, 4.69) is 4.90 Å². The lowest BCUT2D eigenvalue weighted by Crippen LogP contribution is -2.65. The summed E-state index contributed by atoms with van der Waals surface area (Å²) in [6, 6.07) is 5.99. The molecule has 7 heteroatoms. The maximum Gasteiger partial charge on any atom is 0.211 e. The van der Waals surface area contributed by atoms with E-state index in [4.69, 9.17) is 9.47 Å². The Bertz CT molecular complexity index is 677. The maximum atomic E-state index is 11.8. The van der Waals surface area contributed by atoms with Crippen LogP contribution in [0.4, 0.5) is 0 Å². The Morgan fingerprint density at radius 3 is 2.65 bits per heavy atom. The summed E-state index contributed by atoms with van der Waals surface area (Å²) in [6.07, 6.45) is 2.34. The highest BCUT2D eigenvalue weighted by Gasteiger charge is 2.46. The highest BCUT2D eigenvalue weighted by molar-refractivity contribution is 7.88. The van der Waals surface area contributed by atoms with Crippen LogP contribution in [0.5, 0.6) is 11.5 Å². The van der Waals surface area contributed by atoms with Crippen LogP contribution in [-0.2, 0) is 16.6 Å². The molecule has 2 heterocycles. The molecule has 1 aromatic rings. The molecule has 0 amide bonds. The lowest BCUT2D eigenvalue weighted by molar-refractivity contribution is 0.0108. The Labute approximate surface area is 138 Å². The van der Waals surface area contributed by atoms with E-state index in [1.54, 1.807) is 18.5 Å². The van der Waals surface area contributed by atoms with Crippen LogP contribution in [0.2, 0.25) is 0 Å². The van der Waals surface area contributed by atoms with Gasteiger partial charge in [0.25, 0.3) is 0 Å². The van der Waals surface area contributed by atoms with E-state index in [1.807, 2.05) is 18.2 Å². The number of benzene rings is 1. The largest absolute Gasteiger partial charge is 0.493 e. The van der Waals surface area contributed by atoms with Gasteiger partial charge in [0.05, 0.1) is 20.5 Å². The molecule has 0 saturated carbocycles. The molecule has 23 heavy (non-hydrogen) atoms. The van der Waals surface area contributed by atoms with E-state index >= 15 is 0 Å². The number of hydrogen-bond acceptors (Lipinski definition) is 5. The number of likely N-dealkylation sites (tertiary alicyclic amines) is 1. The third kappa shape index (κ3) is 3.18. The van der Waals surface area contributed by atoms with E-state index < -0.39 is 10.0 Å². The zero-order chi connectivity index (χ0) is 16.6. The van der Waals surface area contributed by atoms with Gasteiger partial charge in [0, 0.05) is 31.2 Å². The Hall–Kier alpha value is -1.31. The summed E-state index contributed by atoms with van der Waals surface area (Å²) in [7, 11) is 0.180. The van der Waals surface area contributed by atoms with Crippen LogP contribution in [0.15, 0.2) is 18.2 Å². The second-order valence-corrected chi connectivity index (χ2v) is 8.27. The molecule has 0 spiro atoms. The maximum absolute atomic E-state index is 11.8. The first-order valence-electron chi connectivity index (χ1n) is 7.83. The van der Waals surface area contributed by atoms with Gasteiger partial charge in [0.2, 0.25) is 10.0 Å². The fourth-order valence-corrected chi connectivity index (χ4v) is 4.85. The molecule has 1 aromatic carbocycles. The van der Waals surface area contributed by atoms with E-state index in [0.717, 1.165) is 43.1 Å². The predicted molar refractivity (Wildman–Crippen MR) is 88.3 cm³/mol. The van der Waals surface area contributed by atoms with Gasteiger partial charge >= 0.3 is 0 Å². The molecule has 0 aliphatic carbocycles. The summed E-state index contributed by atoms with van der Waals surface area (Å²) in [5, 5.41) is 0. The summed E-state index contributed by atoms with van der Waals surface area (Å²) >= 11 is 0. The summed E-state index contributed by atoms with van der Waals surface area (Å²) in [4.78, 5) is 2.30. The average Bonchev–Trinajstić information content (AvgIpc) is 2.48. The molecule has 0 unspecified atom stereocenters. The minimum Gasteiger partial charge on any atom is -0.493 e. The van der Waals surface area contributed by atoms with Crippen LogP contribution < -0.4 is 9.47 Å². The fourth-order valence-electron chi connectivity index (χ4n) is 3.66. The van der Waals surface area contributed by atoms with Gasteiger partial charge in [-0.05, 0) is 24.9 Å². The van der Waals surface area contributed by atoms with Crippen molar-refractivity contribution in [1.29, 1.82) is 0 Å². The molecule has 0 aromatic heterocycles. The summed E-state index contributed by atoms with van der Waals surface area (Å²) in [6.45, 7) is 3.18. The quantitative estimate of drug-likeness (QED) is 0.805. The molecule has 0 N–H and O–H groups in total. The molecule has 0 radical (unpaired) electrons. The van der Waals surface area contributed by atoms with Crippen LogP contribution in [0, 0.1) is 5.92 Å². The molecule has 2 aliphatic rings. The van der Waals surface area contributed by atoms with E-state index in [1.165, 1.54) is 6.26 Å². The molecule has 2 aliphatic heterocycles. The Balaban J connectivity index is 1.72. The lowest BCUT2D eigenvalue weighted by Gasteiger charge is -2.52. The van der Waals surface area contributed by atoms with Crippen LogP contribution in [-0.4, -0.2) is 63.8 Å². The Morgan fingerprint density at radius 2 is 2.00 bits per heavy atom. The second-order valence-electron chi connectivity index (χ2n) is 6.34. The zero-order valence-corrected chi connectivity index (χ0v) is 14.7. The van der Waals surface area contributed by atoms with Gasteiger partial charge < -0.3 is 9.47 Å². The summed E-state index contributed by atoms with van der Waals surface area (Å²) < 4.78 is 36.0. The van der Waals surface area contributed by atoms with Crippen molar-refractivity contribution in [3.63, 3.8) is 0 Å². The van der Waals surface area contributed by atoms with Crippen LogP contribution >= 0.6 is 0 Å². The van der Waals surface area contributed by atoms with Crippen molar-refractivity contribution in [3.8, 4) is 11.5 Å². The summed E-state index contributed by atoms with van der Waals surface area (Å²) in [5.74, 6) is 1.99. The van der Waals surface area contributed by atoms with Crippen molar-refractivity contribution in [3.05, 3.63) is 23.8 Å². The van der Waals surface area contributed by atoms with E-state index in [9.17, 15) is 8.42 Å². The Morgan fingerprint density at radius 1 is 1.22 bits per heavy atom. The smallest absolute Gasteiger partial charge is 0.211 e. The van der Waals surface area contributed by atoms with Gasteiger partial charge in [0.15, 0.2) is 11.5 Å². The van der Waals surface area contributed by atoms with Gasteiger partial charge in [0.1, 0.15) is 0 Å². The number of ether oxygens (including phenoxy) is 2. The topological polar surface area (TPSA) is 59.1 Å². The minimum atomic E-state index is -3.09. The van der Waals surface area contributed by atoms with Crippen molar-refractivity contribution in [2.75, 3.05) is 40.1 Å². The number of methoxy groups -OCH3 is 2. The molecular formula is C16H24N2O4S. The Kier molecular flexibility index (Phi) is 4.53. The van der Waals surface area contributed by atoms with E-state index in [0.29, 0.717) is 12.5 Å². The third-order valence-electron chi connectivity index (χ3n) is 4.89. The lowest BCUT2D eigenvalue weighted by atomic mass is 9.84.